The first kappa shape index (κ1) is 12.8. The van der Waals surface area contributed by atoms with Gasteiger partial charge in [-0.1, -0.05) is 11.6 Å². The van der Waals surface area contributed by atoms with Gasteiger partial charge in [-0.2, -0.15) is 13.5 Å². The molecule has 2 heterocycles. The van der Waals surface area contributed by atoms with Gasteiger partial charge in [0, 0.05) is 7.05 Å². The molecule has 0 unspecified atom stereocenters. The van der Waals surface area contributed by atoms with Gasteiger partial charge in [-0.3, -0.25) is 9.40 Å². The van der Waals surface area contributed by atoms with Crippen molar-refractivity contribution in [3.8, 4) is 0 Å². The van der Waals surface area contributed by atoms with Gasteiger partial charge < -0.3 is 0 Å². The van der Waals surface area contributed by atoms with E-state index in [1.165, 1.54) is 23.0 Å². The highest BCUT2D eigenvalue weighted by Crippen LogP contribution is 2.19. The standard InChI is InChI=1S/C10H11ClN4O2S/c1-7-8(3-4-9(11)13-7)14-18(16,17)10-5-6-12-15(10)2/h3-6,14H,1-2H3. The molecule has 0 amide bonds. The number of sulfonamides is 1. The van der Waals surface area contributed by atoms with Crippen LogP contribution >= 0.6 is 11.6 Å². The van der Waals surface area contributed by atoms with E-state index in [1.807, 2.05) is 0 Å². The van der Waals surface area contributed by atoms with Crippen LogP contribution in [0.2, 0.25) is 5.15 Å². The largest absolute Gasteiger partial charge is 0.279 e. The molecule has 0 saturated heterocycles. The van der Waals surface area contributed by atoms with Gasteiger partial charge in [-0.15, -0.1) is 0 Å². The lowest BCUT2D eigenvalue weighted by Crippen LogP contribution is -2.17. The van der Waals surface area contributed by atoms with Gasteiger partial charge in [0.05, 0.1) is 17.6 Å². The lowest BCUT2D eigenvalue weighted by atomic mass is 10.3. The van der Waals surface area contributed by atoms with Crippen LogP contribution in [0, 0.1) is 6.92 Å². The lowest BCUT2D eigenvalue weighted by molar-refractivity contribution is 0.582. The van der Waals surface area contributed by atoms with Crippen molar-refractivity contribution in [1.29, 1.82) is 0 Å². The van der Waals surface area contributed by atoms with Crippen molar-refractivity contribution in [3.63, 3.8) is 0 Å². The molecule has 8 heteroatoms. The number of halogens is 1. The molecule has 0 aliphatic rings. The molecule has 0 aromatic carbocycles. The lowest BCUT2D eigenvalue weighted by Gasteiger charge is -2.09. The number of rotatable bonds is 3. The fourth-order valence-corrected chi connectivity index (χ4v) is 2.90. The van der Waals surface area contributed by atoms with Gasteiger partial charge in [0.2, 0.25) is 0 Å². The van der Waals surface area contributed by atoms with Crippen LogP contribution in [0.4, 0.5) is 5.69 Å². The summed E-state index contributed by atoms with van der Waals surface area (Å²) in [6, 6.07) is 4.51. The maximum absolute atomic E-state index is 12.1. The third kappa shape index (κ3) is 2.46. The highest BCUT2D eigenvalue weighted by Gasteiger charge is 2.19. The summed E-state index contributed by atoms with van der Waals surface area (Å²) >= 11 is 5.71. The second kappa shape index (κ2) is 4.58. The van der Waals surface area contributed by atoms with Crippen molar-refractivity contribution >= 4 is 27.3 Å². The Bertz CT molecular complexity index is 681. The Kier molecular flexibility index (Phi) is 3.27. The van der Waals surface area contributed by atoms with Crippen LogP contribution in [0.1, 0.15) is 5.69 Å². The molecule has 2 rings (SSSR count). The third-order valence-electron chi connectivity index (χ3n) is 2.35. The van der Waals surface area contributed by atoms with Crippen molar-refractivity contribution in [2.75, 3.05) is 4.72 Å². The number of aromatic nitrogens is 3. The summed E-state index contributed by atoms with van der Waals surface area (Å²) < 4.78 is 27.9. The van der Waals surface area contributed by atoms with Crippen LogP contribution in [0.25, 0.3) is 0 Å². The topological polar surface area (TPSA) is 76.9 Å². The van der Waals surface area contributed by atoms with Gasteiger partial charge in [0.1, 0.15) is 5.15 Å². The quantitative estimate of drug-likeness (QED) is 0.869. The fourth-order valence-electron chi connectivity index (χ4n) is 1.46. The predicted molar refractivity (Wildman–Crippen MR) is 68.0 cm³/mol. The van der Waals surface area contributed by atoms with Crippen LogP contribution in [-0.2, 0) is 17.1 Å². The fraction of sp³-hybridized carbons (Fsp3) is 0.200. The zero-order valence-electron chi connectivity index (χ0n) is 9.75. The maximum atomic E-state index is 12.1. The average molecular weight is 287 g/mol. The summed E-state index contributed by atoms with van der Waals surface area (Å²) in [6.07, 6.45) is 1.42. The predicted octanol–water partition coefficient (Wildman–Crippen LogP) is 1.58. The van der Waals surface area contributed by atoms with Crippen LogP contribution in [-0.4, -0.2) is 23.2 Å². The molecule has 0 aliphatic carbocycles. The Hall–Kier alpha value is -1.60. The molecule has 0 spiro atoms. The molecule has 0 fully saturated rings. The molecule has 6 nitrogen and oxygen atoms in total. The minimum Gasteiger partial charge on any atom is -0.277 e. The SMILES string of the molecule is Cc1nc(Cl)ccc1NS(=O)(=O)c1ccnn1C. The summed E-state index contributed by atoms with van der Waals surface area (Å²) in [7, 11) is -2.11. The van der Waals surface area contributed by atoms with Gasteiger partial charge in [-0.25, -0.2) is 4.98 Å². The Morgan fingerprint density at radius 3 is 2.61 bits per heavy atom. The molecule has 2 aromatic rings. The van der Waals surface area contributed by atoms with Crippen molar-refractivity contribution in [2.45, 2.75) is 11.9 Å². The minimum atomic E-state index is -3.67. The van der Waals surface area contributed by atoms with Gasteiger partial charge >= 0.3 is 0 Å². The highest BCUT2D eigenvalue weighted by atomic mass is 35.5. The second-order valence-electron chi connectivity index (χ2n) is 3.67. The summed E-state index contributed by atoms with van der Waals surface area (Å²) in [4.78, 5) is 3.98. The van der Waals surface area contributed by atoms with Crippen LogP contribution in [0.15, 0.2) is 29.4 Å². The monoisotopic (exact) mass is 286 g/mol. The van der Waals surface area contributed by atoms with E-state index in [4.69, 9.17) is 11.6 Å². The van der Waals surface area contributed by atoms with E-state index >= 15 is 0 Å². The van der Waals surface area contributed by atoms with Gasteiger partial charge in [-0.05, 0) is 25.1 Å². The molecule has 2 aromatic heterocycles. The highest BCUT2D eigenvalue weighted by molar-refractivity contribution is 7.92. The van der Waals surface area contributed by atoms with Crippen LogP contribution in [0.5, 0.6) is 0 Å². The van der Waals surface area contributed by atoms with Crippen LogP contribution in [0.3, 0.4) is 0 Å². The summed E-state index contributed by atoms with van der Waals surface area (Å²) in [5, 5.41) is 4.22. The molecule has 1 N–H and O–H groups in total. The number of hydrogen-bond donors (Lipinski definition) is 1. The number of nitrogens with one attached hydrogen (secondary N) is 1. The third-order valence-corrected chi connectivity index (χ3v) is 4.00. The van der Waals surface area contributed by atoms with Crippen molar-refractivity contribution in [3.05, 3.63) is 35.2 Å². The second-order valence-corrected chi connectivity index (χ2v) is 5.68. The molecule has 0 atom stereocenters. The Morgan fingerprint density at radius 2 is 2.06 bits per heavy atom. The first-order valence-corrected chi connectivity index (χ1v) is 6.90. The van der Waals surface area contributed by atoms with Crippen molar-refractivity contribution in [1.82, 2.24) is 14.8 Å². The van der Waals surface area contributed by atoms with Crippen molar-refractivity contribution < 1.29 is 8.42 Å². The summed E-state index contributed by atoms with van der Waals surface area (Å²) in [5.41, 5.74) is 0.897. The van der Waals surface area contributed by atoms with Crippen molar-refractivity contribution in [2.24, 2.45) is 7.05 Å². The number of anilines is 1. The molecule has 0 bridgehead atoms. The summed E-state index contributed by atoms with van der Waals surface area (Å²) in [5.74, 6) is 0. The molecule has 0 aliphatic heterocycles. The normalized spacial score (nSPS) is 11.5. The van der Waals surface area contributed by atoms with E-state index in [0.717, 1.165) is 0 Å². The smallest absolute Gasteiger partial charge is 0.277 e. The zero-order valence-corrected chi connectivity index (χ0v) is 11.3. The number of pyridine rings is 1. The Labute approximate surface area is 110 Å². The van der Waals surface area contributed by atoms with Crippen LogP contribution < -0.4 is 4.72 Å². The number of nitrogens with zero attached hydrogens (tertiary/aromatic N) is 3. The van der Waals surface area contributed by atoms with E-state index in [1.54, 1.807) is 20.0 Å². The molecule has 18 heavy (non-hydrogen) atoms. The summed E-state index contributed by atoms with van der Waals surface area (Å²) in [6.45, 7) is 1.67. The van der Waals surface area contributed by atoms with Gasteiger partial charge in [0.25, 0.3) is 10.0 Å². The van der Waals surface area contributed by atoms with E-state index in [2.05, 4.69) is 14.8 Å². The number of hydrogen-bond acceptors (Lipinski definition) is 4. The first-order valence-electron chi connectivity index (χ1n) is 5.04. The number of aryl methyl sites for hydroxylation is 2. The van der Waals surface area contributed by atoms with Gasteiger partial charge in [0.15, 0.2) is 5.03 Å². The molecule has 96 valence electrons. The molecule has 0 radical (unpaired) electrons. The molecular weight excluding hydrogens is 276 g/mol. The Morgan fingerprint density at radius 1 is 1.33 bits per heavy atom. The molecular formula is C10H11ClN4O2S. The van der Waals surface area contributed by atoms with E-state index < -0.39 is 10.0 Å². The van der Waals surface area contributed by atoms with E-state index in [0.29, 0.717) is 16.5 Å². The molecule has 0 saturated carbocycles. The first-order chi connectivity index (χ1) is 8.40. The maximum Gasteiger partial charge on any atom is 0.279 e. The average Bonchev–Trinajstić information content (AvgIpc) is 2.69. The Balaban J connectivity index is 2.37. The van der Waals surface area contributed by atoms with E-state index in [9.17, 15) is 8.42 Å². The van der Waals surface area contributed by atoms with E-state index in [-0.39, 0.29) is 5.03 Å². The minimum absolute atomic E-state index is 0.0804. The zero-order chi connectivity index (χ0) is 13.3.